The van der Waals surface area contributed by atoms with Gasteiger partial charge < -0.3 is 27.8 Å². The van der Waals surface area contributed by atoms with Crippen LogP contribution in [-0.4, -0.2) is 32.0 Å². The number of rotatable bonds is 12. The topological polar surface area (TPSA) is 92.8 Å². The minimum Gasteiger partial charge on any atom is -0.491 e. The molecule has 0 saturated carbocycles. The fraction of sp³-hybridized carbons (Fsp3) is 0.250. The number of hydrogen-bond acceptors (Lipinski definition) is 8. The van der Waals surface area contributed by atoms with Crippen molar-refractivity contribution >= 4 is 35.5 Å². The largest absolute Gasteiger partial charge is 0.648 e. The molecule has 0 spiro atoms. The number of methoxy groups -OCH3 is 1. The van der Waals surface area contributed by atoms with Gasteiger partial charge >= 0.3 is 13.9 Å². The van der Waals surface area contributed by atoms with E-state index in [2.05, 4.69) is 22.5 Å². The zero-order chi connectivity index (χ0) is 28.5. The molecule has 39 heavy (non-hydrogen) atoms. The molecule has 0 fully saturated rings. The molecule has 3 aromatic rings. The first kappa shape index (κ1) is 30.1. The number of para-hydroxylation sites is 2. The number of nitrogens with zero attached hydrogens (tertiary/aromatic N) is 1. The van der Waals surface area contributed by atoms with Crippen LogP contribution in [0.3, 0.4) is 0 Å². The molecular formula is C28H31BrNO8P. The summed E-state index contributed by atoms with van der Waals surface area (Å²) < 4.78 is 47.7. The van der Waals surface area contributed by atoms with Crippen LogP contribution in [0.1, 0.15) is 20.8 Å². The van der Waals surface area contributed by atoms with E-state index in [4.69, 9.17) is 27.8 Å². The quantitative estimate of drug-likeness (QED) is 0.114. The molecule has 3 rings (SSSR count). The van der Waals surface area contributed by atoms with Gasteiger partial charge in [-0.05, 0) is 85.7 Å². The summed E-state index contributed by atoms with van der Waals surface area (Å²) in [7, 11) is -2.85. The predicted molar refractivity (Wildman–Crippen MR) is 152 cm³/mol. The molecular weight excluding hydrogens is 589 g/mol. The third kappa shape index (κ3) is 9.35. The van der Waals surface area contributed by atoms with E-state index in [9.17, 15) is 9.36 Å². The SMILES string of the molecule is C=C(OP(=O)(Oc1ccccc1)Oc1ccccc1)N(C(=O)OC(C)(C)C)c1ccc(OCCOC)cc1Br. The van der Waals surface area contributed by atoms with Gasteiger partial charge in [0.15, 0.2) is 0 Å². The molecule has 0 radical (unpaired) electrons. The molecule has 0 aliphatic rings. The van der Waals surface area contributed by atoms with E-state index in [1.807, 2.05) is 0 Å². The van der Waals surface area contributed by atoms with Crippen molar-refractivity contribution in [2.75, 3.05) is 25.2 Å². The summed E-state index contributed by atoms with van der Waals surface area (Å²) in [5.74, 6) is 0.635. The monoisotopic (exact) mass is 619 g/mol. The molecule has 0 saturated heterocycles. The molecule has 0 N–H and O–H groups in total. The standard InChI is InChI=1S/C28H31BrNO8P/c1-21(36-39(32,37-22-12-8-6-9-13-22)38-23-14-10-7-11-15-23)30(27(31)35-28(2,3)4)26-17-16-24(20-25(26)29)34-19-18-33-5/h6-17,20H,1,18-19H2,2-5H3. The molecule has 0 bridgehead atoms. The number of ether oxygens (including phenoxy) is 3. The van der Waals surface area contributed by atoms with Crippen molar-refractivity contribution in [1.29, 1.82) is 0 Å². The van der Waals surface area contributed by atoms with Crippen molar-refractivity contribution in [2.45, 2.75) is 26.4 Å². The number of halogens is 1. The van der Waals surface area contributed by atoms with E-state index < -0.39 is 19.5 Å². The summed E-state index contributed by atoms with van der Waals surface area (Å²) in [6.45, 7) is 9.78. The molecule has 3 aromatic carbocycles. The van der Waals surface area contributed by atoms with E-state index in [1.165, 1.54) is 0 Å². The number of amides is 1. The van der Waals surface area contributed by atoms with Crippen molar-refractivity contribution in [3.63, 3.8) is 0 Å². The van der Waals surface area contributed by atoms with Gasteiger partial charge in [-0.15, -0.1) is 0 Å². The molecule has 9 nitrogen and oxygen atoms in total. The minimum absolute atomic E-state index is 0.229. The maximum atomic E-state index is 13.9. The second-order valence-electron chi connectivity index (χ2n) is 9.01. The summed E-state index contributed by atoms with van der Waals surface area (Å²) in [4.78, 5) is 14.4. The predicted octanol–water partition coefficient (Wildman–Crippen LogP) is 7.97. The van der Waals surface area contributed by atoms with E-state index in [0.29, 0.717) is 29.1 Å². The van der Waals surface area contributed by atoms with Crippen LogP contribution in [0.5, 0.6) is 17.2 Å². The molecule has 0 aliphatic heterocycles. The first-order valence-corrected chi connectivity index (χ1v) is 14.2. The molecule has 0 unspecified atom stereocenters. The van der Waals surface area contributed by atoms with Crippen molar-refractivity contribution in [1.82, 2.24) is 0 Å². The molecule has 11 heteroatoms. The Kier molecular flexibility index (Phi) is 10.5. The summed E-state index contributed by atoms with van der Waals surface area (Å²) in [6, 6.07) is 21.7. The zero-order valence-electron chi connectivity index (χ0n) is 22.2. The lowest BCUT2D eigenvalue weighted by Gasteiger charge is -2.30. The van der Waals surface area contributed by atoms with Crippen LogP contribution < -0.4 is 18.7 Å². The first-order valence-electron chi connectivity index (χ1n) is 11.9. The Bertz CT molecular complexity index is 1250. The van der Waals surface area contributed by atoms with E-state index in [0.717, 1.165) is 4.90 Å². The molecule has 0 aromatic heterocycles. The number of carbonyl (C=O) groups is 1. The third-order valence-corrected chi connectivity index (χ3v) is 6.62. The molecule has 0 atom stereocenters. The van der Waals surface area contributed by atoms with Gasteiger partial charge in [-0.1, -0.05) is 36.4 Å². The maximum Gasteiger partial charge on any atom is 0.648 e. The van der Waals surface area contributed by atoms with Gasteiger partial charge in [-0.2, -0.15) is 4.57 Å². The lowest BCUT2D eigenvalue weighted by molar-refractivity contribution is 0.0576. The lowest BCUT2D eigenvalue weighted by Crippen LogP contribution is -2.37. The highest BCUT2D eigenvalue weighted by Gasteiger charge is 2.38. The normalized spacial score (nSPS) is 11.3. The van der Waals surface area contributed by atoms with Gasteiger partial charge in [-0.25, -0.2) is 9.69 Å². The Morgan fingerprint density at radius 1 is 0.897 bits per heavy atom. The lowest BCUT2D eigenvalue weighted by atomic mass is 10.2. The molecule has 0 aliphatic carbocycles. The maximum absolute atomic E-state index is 13.9. The molecule has 0 heterocycles. The smallest absolute Gasteiger partial charge is 0.491 e. The Morgan fingerprint density at radius 2 is 1.46 bits per heavy atom. The van der Waals surface area contributed by atoms with E-state index >= 15 is 0 Å². The van der Waals surface area contributed by atoms with Crippen molar-refractivity contribution in [3.05, 3.63) is 95.8 Å². The highest BCUT2D eigenvalue weighted by Crippen LogP contribution is 2.52. The highest BCUT2D eigenvalue weighted by molar-refractivity contribution is 9.10. The van der Waals surface area contributed by atoms with Crippen molar-refractivity contribution in [3.8, 4) is 17.2 Å². The Morgan fingerprint density at radius 3 is 1.95 bits per heavy atom. The van der Waals surface area contributed by atoms with Gasteiger partial charge in [0.2, 0.25) is 5.88 Å². The summed E-state index contributed by atoms with van der Waals surface area (Å²) in [5, 5.41) is 0. The van der Waals surface area contributed by atoms with Crippen molar-refractivity contribution in [2.24, 2.45) is 0 Å². The van der Waals surface area contributed by atoms with Gasteiger partial charge in [-0.3, -0.25) is 0 Å². The van der Waals surface area contributed by atoms with E-state index in [-0.39, 0.29) is 17.4 Å². The number of benzene rings is 3. The van der Waals surface area contributed by atoms with Gasteiger partial charge in [0.1, 0.15) is 29.5 Å². The summed E-state index contributed by atoms with van der Waals surface area (Å²) >= 11 is 3.47. The van der Waals surface area contributed by atoms with Crippen LogP contribution in [0, 0.1) is 0 Å². The Balaban J connectivity index is 1.96. The average Bonchev–Trinajstić information content (AvgIpc) is 2.85. The molecule has 208 valence electrons. The average molecular weight is 620 g/mol. The Labute approximate surface area is 237 Å². The van der Waals surface area contributed by atoms with Crippen molar-refractivity contribution < 1.29 is 37.1 Å². The third-order valence-electron chi connectivity index (χ3n) is 4.68. The fourth-order valence-electron chi connectivity index (χ4n) is 3.09. The van der Waals surface area contributed by atoms with Crippen LogP contribution >= 0.6 is 23.8 Å². The number of carbonyl (C=O) groups excluding carboxylic acids is 1. The number of phosphoric ester groups is 1. The number of phosphoric acid groups is 1. The van der Waals surface area contributed by atoms with Crippen LogP contribution in [0.4, 0.5) is 10.5 Å². The fourth-order valence-corrected chi connectivity index (χ4v) is 4.84. The van der Waals surface area contributed by atoms with E-state index in [1.54, 1.807) is 107 Å². The van der Waals surface area contributed by atoms with Crippen LogP contribution in [0.15, 0.2) is 95.8 Å². The van der Waals surface area contributed by atoms with Crippen LogP contribution in [0.25, 0.3) is 0 Å². The number of hydrogen-bond donors (Lipinski definition) is 0. The van der Waals surface area contributed by atoms with Gasteiger partial charge in [0, 0.05) is 11.6 Å². The summed E-state index contributed by atoms with van der Waals surface area (Å²) in [6.07, 6.45) is -0.827. The van der Waals surface area contributed by atoms with Gasteiger partial charge in [0.25, 0.3) is 0 Å². The number of anilines is 1. The zero-order valence-corrected chi connectivity index (χ0v) is 24.6. The molecule has 1 amide bonds. The van der Waals surface area contributed by atoms with Crippen LogP contribution in [0.2, 0.25) is 0 Å². The second-order valence-corrected chi connectivity index (χ2v) is 11.3. The minimum atomic E-state index is -4.43. The van der Waals surface area contributed by atoms with Gasteiger partial charge in [0.05, 0.1) is 12.3 Å². The second kappa shape index (κ2) is 13.6. The first-order chi connectivity index (χ1) is 18.5. The summed E-state index contributed by atoms with van der Waals surface area (Å²) in [5.41, 5.74) is -0.560. The van der Waals surface area contributed by atoms with Crippen LogP contribution in [-0.2, 0) is 18.6 Å². The Hall–Kier alpha value is -3.46. The highest BCUT2D eigenvalue weighted by atomic mass is 79.9.